The number of halogens is 2. The van der Waals surface area contributed by atoms with Gasteiger partial charge in [0.05, 0.1) is 10.0 Å². The molecule has 0 aliphatic rings. The summed E-state index contributed by atoms with van der Waals surface area (Å²) in [5.74, 6) is -1.19. The Kier molecular flexibility index (Phi) is 3.59. The van der Waals surface area contributed by atoms with E-state index in [2.05, 4.69) is 12.1 Å². The van der Waals surface area contributed by atoms with Gasteiger partial charge in [0.25, 0.3) is 0 Å². The molecule has 5 heteroatoms. The molecule has 1 aromatic carbocycles. The van der Waals surface area contributed by atoms with Gasteiger partial charge in [-0.25, -0.2) is 4.79 Å². The third-order valence-electron chi connectivity index (χ3n) is 1.62. The molecular formula is C9H6Cl2O3. The summed E-state index contributed by atoms with van der Waals surface area (Å²) in [5.41, 5.74) is 0.200. The minimum atomic E-state index is -1.19. The number of carboxylic acid groups (broad SMARTS) is 1. The van der Waals surface area contributed by atoms with Gasteiger partial charge in [0, 0.05) is 12.2 Å². The maximum atomic E-state index is 10.6. The first kappa shape index (κ1) is 11.1. The van der Waals surface area contributed by atoms with Crippen LogP contribution in [0.5, 0.6) is 0 Å². The second-order valence-electron chi connectivity index (χ2n) is 2.51. The summed E-state index contributed by atoms with van der Waals surface area (Å²) >= 11 is 11.5. The van der Waals surface area contributed by atoms with Gasteiger partial charge in [0.15, 0.2) is 0 Å². The number of carboxylic acids is 1. The molecular weight excluding hydrogens is 227 g/mol. The fourth-order valence-corrected chi connectivity index (χ4v) is 1.58. The topological polar surface area (TPSA) is 57.5 Å². The molecule has 0 fully saturated rings. The number of carbonyl (C=O) groups is 1. The smallest absolute Gasteiger partial charge is 0.345 e. The standard InChI is InChI=1S/C9H6Cl2O3/c10-7-2-1-6(9(13)14)8(11)5(7)3-4-12/h12H,3-4H2,(H,13,14). The van der Waals surface area contributed by atoms with Gasteiger partial charge < -0.3 is 10.2 Å². The minimum absolute atomic E-state index is 0.00954. The molecule has 0 saturated heterocycles. The summed E-state index contributed by atoms with van der Waals surface area (Å²) in [7, 11) is 0. The second kappa shape index (κ2) is 4.52. The zero-order chi connectivity index (χ0) is 10.7. The Hall–Kier alpha value is -0.950. The molecule has 0 aliphatic carbocycles. The van der Waals surface area contributed by atoms with Crippen LogP contribution in [0.2, 0.25) is 10.0 Å². The molecule has 0 aliphatic heterocycles. The molecule has 0 atom stereocenters. The average molecular weight is 233 g/mol. The number of aromatic carboxylic acids is 1. The van der Waals surface area contributed by atoms with E-state index in [1.807, 2.05) is 0 Å². The van der Waals surface area contributed by atoms with E-state index in [1.54, 1.807) is 0 Å². The van der Waals surface area contributed by atoms with Crippen LogP contribution in [0.4, 0.5) is 0 Å². The second-order valence-corrected chi connectivity index (χ2v) is 3.27. The van der Waals surface area contributed by atoms with Gasteiger partial charge in [-0.15, -0.1) is 0 Å². The van der Waals surface area contributed by atoms with E-state index in [0.717, 1.165) is 0 Å². The third kappa shape index (κ3) is 2.10. The van der Waals surface area contributed by atoms with Gasteiger partial charge in [-0.05, 0) is 12.5 Å². The molecule has 0 saturated carbocycles. The molecule has 0 unspecified atom stereocenters. The van der Waals surface area contributed by atoms with Crippen molar-refractivity contribution in [2.75, 3.05) is 6.61 Å². The van der Waals surface area contributed by atoms with Crippen molar-refractivity contribution in [1.82, 2.24) is 0 Å². The number of rotatable bonds is 3. The largest absolute Gasteiger partial charge is 0.477 e. The van der Waals surface area contributed by atoms with Crippen molar-refractivity contribution in [3.63, 3.8) is 0 Å². The van der Waals surface area contributed by atoms with Crippen molar-refractivity contribution in [3.05, 3.63) is 33.3 Å². The third-order valence-corrected chi connectivity index (χ3v) is 2.36. The van der Waals surface area contributed by atoms with Crippen molar-refractivity contribution >= 4 is 29.2 Å². The monoisotopic (exact) mass is 232 g/mol. The predicted molar refractivity (Wildman–Crippen MR) is 51.9 cm³/mol. The van der Waals surface area contributed by atoms with Crippen LogP contribution in [0.3, 0.4) is 0 Å². The van der Waals surface area contributed by atoms with E-state index in [1.165, 1.54) is 0 Å². The van der Waals surface area contributed by atoms with E-state index < -0.39 is 5.97 Å². The van der Waals surface area contributed by atoms with Crippen LogP contribution in [-0.4, -0.2) is 22.8 Å². The van der Waals surface area contributed by atoms with Crippen molar-refractivity contribution in [3.8, 4) is 0 Å². The van der Waals surface area contributed by atoms with Gasteiger partial charge in [-0.3, -0.25) is 0 Å². The highest BCUT2D eigenvalue weighted by Crippen LogP contribution is 2.25. The highest BCUT2D eigenvalue weighted by Gasteiger charge is 2.14. The molecule has 0 radical (unpaired) electrons. The summed E-state index contributed by atoms with van der Waals surface area (Å²) in [5, 5.41) is 17.6. The first-order valence-electron chi connectivity index (χ1n) is 3.73. The van der Waals surface area contributed by atoms with Gasteiger partial charge >= 0.3 is 5.97 Å². The maximum absolute atomic E-state index is 10.6. The zero-order valence-electron chi connectivity index (χ0n) is 6.97. The average Bonchev–Trinajstić information content (AvgIpc) is 2.11. The fraction of sp³-hybridized carbons (Fsp3) is 0.222. The van der Waals surface area contributed by atoms with Crippen LogP contribution in [0.15, 0.2) is 0 Å². The number of hydrogen-bond acceptors (Lipinski definition) is 2. The van der Waals surface area contributed by atoms with Crippen molar-refractivity contribution in [1.29, 1.82) is 0 Å². The van der Waals surface area contributed by atoms with Crippen LogP contribution in [0.25, 0.3) is 0 Å². The lowest BCUT2D eigenvalue weighted by atomic mass is 10.1. The first-order chi connectivity index (χ1) is 6.57. The Morgan fingerprint density at radius 3 is 2.50 bits per heavy atom. The lowest BCUT2D eigenvalue weighted by Crippen LogP contribution is -2.01. The number of hydrogen-bond donors (Lipinski definition) is 2. The molecule has 0 amide bonds. The van der Waals surface area contributed by atoms with Gasteiger partial charge in [0.1, 0.15) is 5.56 Å². The molecule has 0 bridgehead atoms. The Balaban J connectivity index is 3.26. The summed E-state index contributed by atoms with van der Waals surface area (Å²) in [4.78, 5) is 10.6. The SMILES string of the molecule is O=C(O)c1c#cc(Cl)c(CCO)c1Cl. The number of aliphatic hydroxyl groups excluding tert-OH is 1. The lowest BCUT2D eigenvalue weighted by molar-refractivity contribution is 0.0697. The minimum Gasteiger partial charge on any atom is -0.477 e. The summed E-state index contributed by atoms with van der Waals surface area (Å²) in [6.07, 6.45) is 0.198. The van der Waals surface area contributed by atoms with E-state index in [9.17, 15) is 4.79 Å². The van der Waals surface area contributed by atoms with Gasteiger partial charge in [0.2, 0.25) is 0 Å². The molecule has 74 valence electrons. The quantitative estimate of drug-likeness (QED) is 0.837. The van der Waals surface area contributed by atoms with Crippen molar-refractivity contribution in [2.45, 2.75) is 6.42 Å². The molecule has 0 heterocycles. The van der Waals surface area contributed by atoms with Crippen LogP contribution in [-0.2, 0) is 6.42 Å². The van der Waals surface area contributed by atoms with Crippen LogP contribution < -0.4 is 0 Å². The van der Waals surface area contributed by atoms with E-state index in [-0.39, 0.29) is 28.6 Å². The van der Waals surface area contributed by atoms with E-state index in [4.69, 9.17) is 33.4 Å². The fourth-order valence-electron chi connectivity index (χ4n) is 0.974. The highest BCUT2D eigenvalue weighted by molar-refractivity contribution is 6.37. The Labute approximate surface area is 90.9 Å². The Morgan fingerprint density at radius 1 is 1.36 bits per heavy atom. The molecule has 3 nitrogen and oxygen atoms in total. The van der Waals surface area contributed by atoms with Crippen molar-refractivity contribution < 1.29 is 15.0 Å². The van der Waals surface area contributed by atoms with Crippen molar-refractivity contribution in [2.24, 2.45) is 0 Å². The Bertz CT molecular complexity index is 363. The number of aliphatic hydroxyl groups is 1. The van der Waals surface area contributed by atoms with E-state index >= 15 is 0 Å². The summed E-state index contributed by atoms with van der Waals surface area (Å²) in [6.45, 7) is -0.156. The lowest BCUT2D eigenvalue weighted by Gasteiger charge is -2.03. The molecule has 0 spiro atoms. The Morgan fingerprint density at radius 2 is 2.00 bits per heavy atom. The molecule has 0 aromatic heterocycles. The highest BCUT2D eigenvalue weighted by atomic mass is 35.5. The predicted octanol–water partition coefficient (Wildman–Crippen LogP) is 1.83. The normalized spacial score (nSPS) is 9.64. The summed E-state index contributed by atoms with van der Waals surface area (Å²) in [6, 6.07) is 4.77. The van der Waals surface area contributed by atoms with Crippen LogP contribution in [0.1, 0.15) is 15.9 Å². The van der Waals surface area contributed by atoms with Gasteiger partial charge in [-0.1, -0.05) is 29.3 Å². The zero-order valence-corrected chi connectivity index (χ0v) is 8.48. The van der Waals surface area contributed by atoms with Crippen LogP contribution >= 0.6 is 23.2 Å². The van der Waals surface area contributed by atoms with Gasteiger partial charge in [-0.2, -0.15) is 0 Å². The summed E-state index contributed by atoms with van der Waals surface area (Å²) < 4.78 is 0. The van der Waals surface area contributed by atoms with E-state index in [0.29, 0.717) is 5.56 Å². The first-order valence-corrected chi connectivity index (χ1v) is 4.48. The molecule has 1 aromatic rings. The molecule has 1 rings (SSSR count). The van der Waals surface area contributed by atoms with Crippen LogP contribution in [0, 0.1) is 12.1 Å². The maximum Gasteiger partial charge on any atom is 0.345 e. The molecule has 2 N–H and O–H groups in total. The molecule has 14 heavy (non-hydrogen) atoms.